The van der Waals surface area contributed by atoms with E-state index >= 15 is 0 Å². The highest BCUT2D eigenvalue weighted by atomic mass is 32.2. The average molecular weight is 277 g/mol. The fourth-order valence-corrected chi connectivity index (χ4v) is 3.19. The molecule has 0 bridgehead atoms. The van der Waals surface area contributed by atoms with Crippen LogP contribution in [0.3, 0.4) is 0 Å². The zero-order chi connectivity index (χ0) is 14.0. The van der Waals surface area contributed by atoms with Crippen molar-refractivity contribution >= 4 is 17.0 Å². The molecule has 3 nitrogen and oxygen atoms in total. The molecule has 2 rings (SSSR count). The third-order valence-corrected chi connectivity index (χ3v) is 4.55. The van der Waals surface area contributed by atoms with Crippen LogP contribution in [-0.2, 0) is 0 Å². The van der Waals surface area contributed by atoms with Gasteiger partial charge < -0.3 is 10.0 Å². The molecule has 1 N–H and O–H groups in total. The number of carbonyl (C=O) groups excluding carboxylic acids is 1. The molecule has 1 aromatic rings. The highest BCUT2D eigenvalue weighted by Crippen LogP contribution is 2.40. The van der Waals surface area contributed by atoms with E-state index in [-0.39, 0.29) is 11.2 Å². The Morgan fingerprint density at radius 2 is 2.11 bits per heavy atom. The SMILES string of the molecule is C=CC(CN1C(=O)SC(C)(C)C1O)c1ccccc1. The maximum atomic E-state index is 12.0. The summed E-state index contributed by atoms with van der Waals surface area (Å²) in [6.45, 7) is 8.06. The normalized spacial score (nSPS) is 23.4. The second kappa shape index (κ2) is 5.39. The van der Waals surface area contributed by atoms with Gasteiger partial charge in [-0.15, -0.1) is 6.58 Å². The standard InChI is InChI=1S/C15H19NO2S/c1-4-11(12-8-6-5-7-9-12)10-16-13(17)15(2,3)19-14(16)18/h4-9,11,13,17H,1,10H2,2-3H3. The molecule has 0 saturated carbocycles. The fourth-order valence-electron chi connectivity index (χ4n) is 2.21. The van der Waals surface area contributed by atoms with Crippen LogP contribution in [-0.4, -0.2) is 32.8 Å². The Hall–Kier alpha value is -1.26. The quantitative estimate of drug-likeness (QED) is 0.859. The molecule has 2 atom stereocenters. The minimum atomic E-state index is -0.754. The van der Waals surface area contributed by atoms with E-state index < -0.39 is 11.0 Å². The minimum absolute atomic E-state index is 0.0364. The topological polar surface area (TPSA) is 40.5 Å². The third kappa shape index (κ3) is 2.85. The van der Waals surface area contributed by atoms with Gasteiger partial charge in [-0.25, -0.2) is 0 Å². The molecule has 1 aromatic carbocycles. The van der Waals surface area contributed by atoms with E-state index in [0.29, 0.717) is 6.54 Å². The molecule has 0 aromatic heterocycles. The number of nitrogens with zero attached hydrogens (tertiary/aromatic N) is 1. The van der Waals surface area contributed by atoms with Crippen LogP contribution in [0.2, 0.25) is 0 Å². The molecule has 1 amide bonds. The van der Waals surface area contributed by atoms with Crippen LogP contribution in [0.5, 0.6) is 0 Å². The fraction of sp³-hybridized carbons (Fsp3) is 0.400. The molecule has 1 saturated heterocycles. The molecule has 19 heavy (non-hydrogen) atoms. The zero-order valence-corrected chi connectivity index (χ0v) is 12.1. The van der Waals surface area contributed by atoms with Gasteiger partial charge in [-0.1, -0.05) is 48.2 Å². The molecule has 2 unspecified atom stereocenters. The van der Waals surface area contributed by atoms with Crippen LogP contribution in [0.1, 0.15) is 25.3 Å². The molecule has 102 valence electrons. The minimum Gasteiger partial charge on any atom is -0.372 e. The van der Waals surface area contributed by atoms with Crippen LogP contribution < -0.4 is 0 Å². The first-order chi connectivity index (χ1) is 8.95. The van der Waals surface area contributed by atoms with E-state index in [9.17, 15) is 9.90 Å². The Balaban J connectivity index is 2.16. The molecular formula is C15H19NO2S. The molecule has 0 spiro atoms. The summed E-state index contributed by atoms with van der Waals surface area (Å²) in [4.78, 5) is 13.5. The largest absolute Gasteiger partial charge is 0.372 e. The highest BCUT2D eigenvalue weighted by Gasteiger charge is 2.46. The number of carbonyl (C=O) groups is 1. The molecule has 1 heterocycles. The van der Waals surface area contributed by atoms with Crippen LogP contribution >= 0.6 is 11.8 Å². The van der Waals surface area contributed by atoms with Crippen molar-refractivity contribution in [2.45, 2.75) is 30.7 Å². The van der Waals surface area contributed by atoms with E-state index in [1.165, 1.54) is 16.7 Å². The van der Waals surface area contributed by atoms with Gasteiger partial charge in [0.05, 0.1) is 4.75 Å². The monoisotopic (exact) mass is 277 g/mol. The average Bonchev–Trinajstić information content (AvgIpc) is 2.58. The Kier molecular flexibility index (Phi) is 4.02. The van der Waals surface area contributed by atoms with E-state index in [4.69, 9.17) is 0 Å². The molecule has 0 aliphatic carbocycles. The Morgan fingerprint density at radius 1 is 1.47 bits per heavy atom. The van der Waals surface area contributed by atoms with Crippen molar-refractivity contribution in [1.29, 1.82) is 0 Å². The predicted molar refractivity (Wildman–Crippen MR) is 79.2 cm³/mol. The predicted octanol–water partition coefficient (Wildman–Crippen LogP) is 3.22. The second-order valence-electron chi connectivity index (χ2n) is 5.25. The van der Waals surface area contributed by atoms with Crippen molar-refractivity contribution in [1.82, 2.24) is 4.90 Å². The van der Waals surface area contributed by atoms with E-state index in [2.05, 4.69) is 6.58 Å². The first-order valence-electron chi connectivity index (χ1n) is 6.31. The van der Waals surface area contributed by atoms with Crippen molar-refractivity contribution in [2.75, 3.05) is 6.54 Å². The summed E-state index contributed by atoms with van der Waals surface area (Å²) in [6.07, 6.45) is 1.07. The Bertz CT molecular complexity index is 472. The summed E-state index contributed by atoms with van der Waals surface area (Å²) >= 11 is 1.19. The van der Waals surface area contributed by atoms with Gasteiger partial charge in [0, 0.05) is 12.5 Å². The number of aliphatic hydroxyl groups excluding tert-OH is 1. The van der Waals surface area contributed by atoms with Crippen molar-refractivity contribution in [3.8, 4) is 0 Å². The van der Waals surface area contributed by atoms with Crippen molar-refractivity contribution in [3.63, 3.8) is 0 Å². The van der Waals surface area contributed by atoms with Gasteiger partial charge in [0.15, 0.2) is 0 Å². The van der Waals surface area contributed by atoms with Gasteiger partial charge in [-0.2, -0.15) is 0 Å². The number of benzene rings is 1. The first-order valence-corrected chi connectivity index (χ1v) is 7.12. The molecule has 4 heteroatoms. The van der Waals surface area contributed by atoms with Crippen LogP contribution in [0.15, 0.2) is 43.0 Å². The summed E-state index contributed by atoms with van der Waals surface area (Å²) in [7, 11) is 0. The zero-order valence-electron chi connectivity index (χ0n) is 11.2. The number of amides is 1. The Morgan fingerprint density at radius 3 is 2.58 bits per heavy atom. The summed E-state index contributed by atoms with van der Waals surface area (Å²) < 4.78 is -0.459. The molecule has 1 aliphatic rings. The van der Waals surface area contributed by atoms with Crippen LogP contribution in [0.4, 0.5) is 4.79 Å². The number of rotatable bonds is 4. The van der Waals surface area contributed by atoms with Crippen molar-refractivity contribution in [3.05, 3.63) is 48.6 Å². The van der Waals surface area contributed by atoms with Crippen molar-refractivity contribution in [2.24, 2.45) is 0 Å². The summed E-state index contributed by atoms with van der Waals surface area (Å²) in [6, 6.07) is 9.91. The second-order valence-corrected chi connectivity index (χ2v) is 6.86. The lowest BCUT2D eigenvalue weighted by atomic mass is 9.98. The van der Waals surface area contributed by atoms with Gasteiger partial charge in [-0.05, 0) is 19.4 Å². The number of thioether (sulfide) groups is 1. The maximum Gasteiger partial charge on any atom is 0.284 e. The van der Waals surface area contributed by atoms with Crippen LogP contribution in [0.25, 0.3) is 0 Å². The third-order valence-electron chi connectivity index (χ3n) is 3.41. The van der Waals surface area contributed by atoms with Gasteiger partial charge in [0.25, 0.3) is 5.24 Å². The van der Waals surface area contributed by atoms with Gasteiger partial charge in [0.2, 0.25) is 0 Å². The van der Waals surface area contributed by atoms with Crippen molar-refractivity contribution < 1.29 is 9.90 Å². The van der Waals surface area contributed by atoms with Gasteiger partial charge in [0.1, 0.15) is 6.23 Å². The number of hydrogen-bond acceptors (Lipinski definition) is 3. The molecule has 0 radical (unpaired) electrons. The first kappa shape index (κ1) is 14.2. The van der Waals surface area contributed by atoms with E-state index in [0.717, 1.165) is 5.56 Å². The smallest absolute Gasteiger partial charge is 0.284 e. The lowest BCUT2D eigenvalue weighted by Gasteiger charge is -2.28. The lowest BCUT2D eigenvalue weighted by Crippen LogP contribution is -2.42. The molecular weight excluding hydrogens is 258 g/mol. The number of hydrogen-bond donors (Lipinski definition) is 1. The Labute approximate surface area is 118 Å². The van der Waals surface area contributed by atoms with Gasteiger partial charge in [-0.3, -0.25) is 4.79 Å². The molecule has 1 aliphatic heterocycles. The summed E-state index contributed by atoms with van der Waals surface area (Å²) in [5, 5.41) is 10.2. The summed E-state index contributed by atoms with van der Waals surface area (Å²) in [5.74, 6) is 0.0364. The van der Waals surface area contributed by atoms with E-state index in [1.54, 1.807) is 0 Å². The number of aliphatic hydroxyl groups is 1. The summed E-state index contributed by atoms with van der Waals surface area (Å²) in [5.41, 5.74) is 1.10. The molecule has 1 fully saturated rings. The highest BCUT2D eigenvalue weighted by molar-refractivity contribution is 8.15. The van der Waals surface area contributed by atoms with Crippen LogP contribution in [0, 0.1) is 0 Å². The lowest BCUT2D eigenvalue weighted by molar-refractivity contribution is 0.0248. The maximum absolute atomic E-state index is 12.0. The van der Waals surface area contributed by atoms with Gasteiger partial charge >= 0.3 is 0 Å². The van der Waals surface area contributed by atoms with E-state index in [1.807, 2.05) is 50.3 Å².